The second kappa shape index (κ2) is 9.25. The second-order valence-corrected chi connectivity index (χ2v) is 10.5. The molecule has 0 radical (unpaired) electrons. The van der Waals surface area contributed by atoms with Crippen molar-refractivity contribution in [1.82, 2.24) is 4.98 Å². The van der Waals surface area contributed by atoms with E-state index in [0.29, 0.717) is 32.5 Å². The number of non-ortho nitro benzene ring substituents is 1. The molecule has 0 unspecified atom stereocenters. The number of nitrogens with zero attached hydrogens (tertiary/aromatic N) is 3. The molecule has 1 aliphatic heterocycles. The lowest BCUT2D eigenvalue weighted by atomic mass is 10.1. The van der Waals surface area contributed by atoms with E-state index in [1.54, 1.807) is 0 Å². The van der Waals surface area contributed by atoms with Crippen molar-refractivity contribution in [1.29, 1.82) is 0 Å². The molecule has 4 rings (SSSR count). The third-order valence-corrected chi connectivity index (χ3v) is 8.62. The smallest absolute Gasteiger partial charge is 0.270 e. The highest BCUT2D eigenvalue weighted by Crippen LogP contribution is 2.32. The molecule has 168 valence electrons. The van der Waals surface area contributed by atoms with Gasteiger partial charge in [-0.05, 0) is 50.1 Å². The van der Waals surface area contributed by atoms with Crippen LogP contribution in [-0.4, -0.2) is 43.3 Å². The first-order valence-corrected chi connectivity index (χ1v) is 12.7. The number of aromatic nitrogens is 1. The Morgan fingerprint density at radius 2 is 1.91 bits per heavy atom. The standard InChI is InChI=1S/C22H23N3O5S2/c1-2-30-18-8-6-16(7-9-18)21-15-31-22(23-21)24-12-10-19(11-13-24)32(28,29)20-5-3-4-17(14-20)25(26)27/h3-9,14-15,19H,2,10-13H2,1H3. The summed E-state index contributed by atoms with van der Waals surface area (Å²) in [4.78, 5) is 17.3. The van der Waals surface area contributed by atoms with Crippen LogP contribution in [0.3, 0.4) is 0 Å². The first-order chi connectivity index (χ1) is 15.4. The van der Waals surface area contributed by atoms with E-state index in [1.165, 1.54) is 29.5 Å². The molecular weight excluding hydrogens is 450 g/mol. The van der Waals surface area contributed by atoms with Gasteiger partial charge in [0.15, 0.2) is 15.0 Å². The zero-order chi connectivity index (χ0) is 22.7. The lowest BCUT2D eigenvalue weighted by Crippen LogP contribution is -2.39. The number of anilines is 1. The molecule has 0 bridgehead atoms. The minimum absolute atomic E-state index is 0.0113. The van der Waals surface area contributed by atoms with Crippen LogP contribution in [0, 0.1) is 10.1 Å². The quantitative estimate of drug-likeness (QED) is 0.366. The summed E-state index contributed by atoms with van der Waals surface area (Å²) in [6.45, 7) is 3.69. The molecule has 8 nitrogen and oxygen atoms in total. The van der Waals surface area contributed by atoms with E-state index >= 15 is 0 Å². The van der Waals surface area contributed by atoms with Crippen molar-refractivity contribution >= 4 is 32.0 Å². The van der Waals surface area contributed by atoms with Gasteiger partial charge < -0.3 is 9.64 Å². The van der Waals surface area contributed by atoms with E-state index in [4.69, 9.17) is 9.72 Å². The Morgan fingerprint density at radius 3 is 2.56 bits per heavy atom. The van der Waals surface area contributed by atoms with Gasteiger partial charge in [-0.1, -0.05) is 6.07 Å². The Balaban J connectivity index is 1.43. The Bertz CT molecular complexity index is 1200. The molecule has 0 aliphatic carbocycles. The average molecular weight is 474 g/mol. The third-order valence-electron chi connectivity index (χ3n) is 5.46. The molecule has 1 aromatic heterocycles. The van der Waals surface area contributed by atoms with Gasteiger partial charge in [0, 0.05) is 36.2 Å². The summed E-state index contributed by atoms with van der Waals surface area (Å²) in [5, 5.41) is 13.3. The minimum atomic E-state index is -3.63. The maximum atomic E-state index is 13.0. The second-order valence-electron chi connectivity index (χ2n) is 7.46. The zero-order valence-corrected chi connectivity index (χ0v) is 19.1. The predicted molar refractivity (Wildman–Crippen MR) is 124 cm³/mol. The van der Waals surface area contributed by atoms with Crippen molar-refractivity contribution in [2.24, 2.45) is 0 Å². The van der Waals surface area contributed by atoms with Crippen molar-refractivity contribution < 1.29 is 18.1 Å². The Hall–Kier alpha value is -2.98. The number of hydrogen-bond donors (Lipinski definition) is 0. The monoisotopic (exact) mass is 473 g/mol. The summed E-state index contributed by atoms with van der Waals surface area (Å²) in [5.74, 6) is 0.818. The van der Waals surface area contributed by atoms with Gasteiger partial charge >= 0.3 is 0 Å². The number of sulfone groups is 1. The molecule has 0 spiro atoms. The van der Waals surface area contributed by atoms with Gasteiger partial charge in [-0.3, -0.25) is 10.1 Å². The van der Waals surface area contributed by atoms with Crippen molar-refractivity contribution in [2.45, 2.75) is 29.9 Å². The third kappa shape index (κ3) is 4.61. The van der Waals surface area contributed by atoms with Crippen LogP contribution in [0.15, 0.2) is 58.8 Å². The Labute approximate surface area is 190 Å². The molecule has 3 aromatic rings. The topological polar surface area (TPSA) is 103 Å². The van der Waals surface area contributed by atoms with Crippen LogP contribution in [-0.2, 0) is 9.84 Å². The van der Waals surface area contributed by atoms with E-state index in [2.05, 4.69) is 4.90 Å². The number of piperidine rings is 1. The van der Waals surface area contributed by atoms with Gasteiger partial charge in [-0.25, -0.2) is 13.4 Å². The lowest BCUT2D eigenvalue weighted by Gasteiger charge is -2.31. The van der Waals surface area contributed by atoms with E-state index in [1.807, 2.05) is 36.6 Å². The molecule has 0 atom stereocenters. The van der Waals surface area contributed by atoms with E-state index in [0.717, 1.165) is 28.2 Å². The molecule has 2 aromatic carbocycles. The summed E-state index contributed by atoms with van der Waals surface area (Å²) in [6, 6.07) is 13.1. The summed E-state index contributed by atoms with van der Waals surface area (Å²) in [6.07, 6.45) is 0.895. The largest absolute Gasteiger partial charge is 0.494 e. The van der Waals surface area contributed by atoms with Crippen LogP contribution in [0.4, 0.5) is 10.8 Å². The fourth-order valence-electron chi connectivity index (χ4n) is 3.75. The Morgan fingerprint density at radius 1 is 1.19 bits per heavy atom. The van der Waals surface area contributed by atoms with Crippen LogP contribution in [0.2, 0.25) is 0 Å². The molecule has 0 N–H and O–H groups in total. The molecule has 2 heterocycles. The first-order valence-electron chi connectivity index (χ1n) is 10.3. The van der Waals surface area contributed by atoms with Crippen molar-refractivity contribution in [3.63, 3.8) is 0 Å². The van der Waals surface area contributed by atoms with Crippen molar-refractivity contribution in [3.05, 3.63) is 64.0 Å². The number of thiazole rings is 1. The van der Waals surface area contributed by atoms with E-state index in [9.17, 15) is 18.5 Å². The van der Waals surface area contributed by atoms with Gasteiger partial charge in [-0.2, -0.15) is 0 Å². The number of rotatable bonds is 7. The molecule has 0 amide bonds. The number of nitro groups is 1. The normalized spacial score (nSPS) is 15.0. The van der Waals surface area contributed by atoms with Gasteiger partial charge in [0.1, 0.15) is 5.75 Å². The summed E-state index contributed by atoms with van der Waals surface area (Å²) < 4.78 is 31.5. The maximum absolute atomic E-state index is 13.0. The predicted octanol–water partition coefficient (Wildman–Crippen LogP) is 4.56. The van der Waals surface area contributed by atoms with E-state index in [-0.39, 0.29) is 10.6 Å². The van der Waals surface area contributed by atoms with Gasteiger partial charge in [0.2, 0.25) is 0 Å². The molecular formula is C22H23N3O5S2. The van der Waals surface area contributed by atoms with Gasteiger partial charge in [-0.15, -0.1) is 11.3 Å². The highest BCUT2D eigenvalue weighted by atomic mass is 32.2. The fraction of sp³-hybridized carbons (Fsp3) is 0.318. The minimum Gasteiger partial charge on any atom is -0.494 e. The van der Waals surface area contributed by atoms with Crippen LogP contribution < -0.4 is 9.64 Å². The molecule has 0 saturated carbocycles. The van der Waals surface area contributed by atoms with Gasteiger partial charge in [0.05, 0.1) is 27.4 Å². The van der Waals surface area contributed by atoms with Gasteiger partial charge in [0.25, 0.3) is 5.69 Å². The number of benzene rings is 2. The maximum Gasteiger partial charge on any atom is 0.270 e. The molecule has 1 saturated heterocycles. The number of hydrogen-bond acceptors (Lipinski definition) is 8. The first kappa shape index (κ1) is 22.2. The molecule has 32 heavy (non-hydrogen) atoms. The number of ether oxygens (including phenoxy) is 1. The summed E-state index contributed by atoms with van der Waals surface area (Å²) in [5.41, 5.74) is 1.66. The van der Waals surface area contributed by atoms with Crippen molar-refractivity contribution in [2.75, 3.05) is 24.6 Å². The highest BCUT2D eigenvalue weighted by molar-refractivity contribution is 7.92. The molecule has 10 heteroatoms. The van der Waals surface area contributed by atoms with Crippen molar-refractivity contribution in [3.8, 4) is 17.0 Å². The van der Waals surface area contributed by atoms with Crippen LogP contribution >= 0.6 is 11.3 Å². The lowest BCUT2D eigenvalue weighted by molar-refractivity contribution is -0.385. The average Bonchev–Trinajstić information content (AvgIpc) is 3.30. The summed E-state index contributed by atoms with van der Waals surface area (Å²) in [7, 11) is -3.63. The Kier molecular flexibility index (Phi) is 6.43. The molecule has 1 fully saturated rings. The number of nitro benzene ring substituents is 1. The fourth-order valence-corrected chi connectivity index (χ4v) is 6.41. The SMILES string of the molecule is CCOc1ccc(-c2csc(N3CCC(S(=O)(=O)c4cccc([N+](=O)[O-])c4)CC3)n2)cc1. The zero-order valence-electron chi connectivity index (χ0n) is 17.5. The molecule has 1 aliphatic rings. The van der Waals surface area contributed by atoms with Crippen LogP contribution in [0.25, 0.3) is 11.3 Å². The van der Waals surface area contributed by atoms with E-state index < -0.39 is 20.0 Å². The van der Waals surface area contributed by atoms with Crippen LogP contribution in [0.1, 0.15) is 19.8 Å². The highest BCUT2D eigenvalue weighted by Gasteiger charge is 2.32. The summed E-state index contributed by atoms with van der Waals surface area (Å²) >= 11 is 1.53. The van der Waals surface area contributed by atoms with Crippen LogP contribution in [0.5, 0.6) is 5.75 Å².